The third kappa shape index (κ3) is 4.22. The lowest BCUT2D eigenvalue weighted by atomic mass is 10.2. The zero-order valence-corrected chi connectivity index (χ0v) is 14.4. The Morgan fingerprint density at radius 3 is 2.44 bits per heavy atom. The molecule has 0 radical (unpaired) electrons. The summed E-state index contributed by atoms with van der Waals surface area (Å²) in [5, 5.41) is 3.33. The van der Waals surface area contributed by atoms with Gasteiger partial charge in [-0.05, 0) is 36.4 Å². The van der Waals surface area contributed by atoms with E-state index in [2.05, 4.69) is 5.32 Å². The van der Waals surface area contributed by atoms with E-state index in [9.17, 15) is 9.59 Å². The smallest absolute Gasteiger partial charge is 0.244 e. The predicted molar refractivity (Wildman–Crippen MR) is 95.5 cm³/mol. The van der Waals surface area contributed by atoms with Crippen molar-refractivity contribution in [2.45, 2.75) is 6.92 Å². The van der Waals surface area contributed by atoms with E-state index in [1.54, 1.807) is 42.5 Å². The minimum atomic E-state index is -0.318. The SMILES string of the molecule is CC(=O)N(CC(=O)Nc1ccc2c(c1)OCCO2)c1ccc(Cl)cc1. The van der Waals surface area contributed by atoms with Crippen LogP contribution in [0.15, 0.2) is 42.5 Å². The van der Waals surface area contributed by atoms with Gasteiger partial charge in [-0.15, -0.1) is 0 Å². The average Bonchev–Trinajstić information content (AvgIpc) is 2.60. The molecule has 2 aromatic rings. The van der Waals surface area contributed by atoms with Crippen LogP contribution in [-0.4, -0.2) is 31.6 Å². The first-order valence-corrected chi connectivity index (χ1v) is 8.14. The van der Waals surface area contributed by atoms with Gasteiger partial charge in [0.1, 0.15) is 19.8 Å². The molecule has 0 spiro atoms. The van der Waals surface area contributed by atoms with Crippen molar-refractivity contribution >= 4 is 34.8 Å². The number of nitrogens with zero attached hydrogens (tertiary/aromatic N) is 1. The Kier molecular flexibility index (Phi) is 5.09. The number of fused-ring (bicyclic) bond motifs is 1. The van der Waals surface area contributed by atoms with Gasteiger partial charge in [0.25, 0.3) is 0 Å². The van der Waals surface area contributed by atoms with E-state index in [-0.39, 0.29) is 18.4 Å². The number of hydrogen-bond donors (Lipinski definition) is 1. The summed E-state index contributed by atoms with van der Waals surface area (Å²) < 4.78 is 10.9. The topological polar surface area (TPSA) is 67.9 Å². The molecule has 25 heavy (non-hydrogen) atoms. The highest BCUT2D eigenvalue weighted by Gasteiger charge is 2.17. The second-order valence-corrected chi connectivity index (χ2v) is 5.92. The third-order valence-corrected chi connectivity index (χ3v) is 3.90. The predicted octanol–water partition coefficient (Wildman–Crippen LogP) is 3.10. The van der Waals surface area contributed by atoms with Crippen LogP contribution in [0.2, 0.25) is 5.02 Å². The monoisotopic (exact) mass is 360 g/mol. The van der Waals surface area contributed by atoms with Crippen LogP contribution >= 0.6 is 11.6 Å². The van der Waals surface area contributed by atoms with E-state index in [4.69, 9.17) is 21.1 Å². The summed E-state index contributed by atoms with van der Waals surface area (Å²) in [5.74, 6) is 0.683. The molecular formula is C18H17ClN2O4. The van der Waals surface area contributed by atoms with Gasteiger partial charge in [-0.3, -0.25) is 9.59 Å². The largest absolute Gasteiger partial charge is 0.486 e. The van der Waals surface area contributed by atoms with Crippen LogP contribution in [0.3, 0.4) is 0 Å². The molecule has 6 nitrogen and oxygen atoms in total. The second-order valence-electron chi connectivity index (χ2n) is 5.49. The minimum Gasteiger partial charge on any atom is -0.486 e. The summed E-state index contributed by atoms with van der Waals surface area (Å²) in [4.78, 5) is 25.6. The van der Waals surface area contributed by atoms with E-state index < -0.39 is 0 Å². The van der Waals surface area contributed by atoms with Gasteiger partial charge in [0.2, 0.25) is 11.8 Å². The molecule has 0 saturated heterocycles. The Hall–Kier alpha value is -2.73. The molecule has 1 aliphatic heterocycles. The molecule has 7 heteroatoms. The Bertz CT molecular complexity index is 792. The first-order valence-electron chi connectivity index (χ1n) is 7.76. The number of halogens is 1. The maximum atomic E-state index is 12.3. The maximum Gasteiger partial charge on any atom is 0.244 e. The highest BCUT2D eigenvalue weighted by Crippen LogP contribution is 2.32. The first kappa shape index (κ1) is 17.1. The number of carbonyl (C=O) groups excluding carboxylic acids is 2. The Balaban J connectivity index is 1.69. The van der Waals surface area contributed by atoms with Gasteiger partial charge in [0.05, 0.1) is 0 Å². The normalized spacial score (nSPS) is 12.4. The zero-order valence-electron chi connectivity index (χ0n) is 13.6. The van der Waals surface area contributed by atoms with Crippen molar-refractivity contribution in [1.29, 1.82) is 0 Å². The van der Waals surface area contributed by atoms with Gasteiger partial charge < -0.3 is 19.7 Å². The lowest BCUT2D eigenvalue weighted by molar-refractivity contribution is -0.120. The van der Waals surface area contributed by atoms with Crippen molar-refractivity contribution < 1.29 is 19.1 Å². The molecule has 130 valence electrons. The van der Waals surface area contributed by atoms with E-state index >= 15 is 0 Å². The molecule has 0 aliphatic carbocycles. The van der Waals surface area contributed by atoms with Gasteiger partial charge >= 0.3 is 0 Å². The fourth-order valence-corrected chi connectivity index (χ4v) is 2.60. The summed E-state index contributed by atoms with van der Waals surface area (Å²) in [7, 11) is 0. The lowest BCUT2D eigenvalue weighted by Crippen LogP contribution is -2.36. The Morgan fingerprint density at radius 2 is 1.76 bits per heavy atom. The fraction of sp³-hybridized carbons (Fsp3) is 0.222. The first-order chi connectivity index (χ1) is 12.0. The van der Waals surface area contributed by atoms with Crippen molar-refractivity contribution in [3.63, 3.8) is 0 Å². The zero-order chi connectivity index (χ0) is 17.8. The molecule has 1 aliphatic rings. The summed E-state index contributed by atoms with van der Waals surface area (Å²) >= 11 is 5.86. The van der Waals surface area contributed by atoms with Crippen LogP contribution in [0.4, 0.5) is 11.4 Å². The Labute approximate surface area is 150 Å². The third-order valence-electron chi connectivity index (χ3n) is 3.65. The van der Waals surface area contributed by atoms with Crippen LogP contribution in [-0.2, 0) is 9.59 Å². The van der Waals surface area contributed by atoms with Crippen LogP contribution in [0.25, 0.3) is 0 Å². The number of hydrogen-bond acceptors (Lipinski definition) is 4. The quantitative estimate of drug-likeness (QED) is 0.909. The highest BCUT2D eigenvalue weighted by atomic mass is 35.5. The highest BCUT2D eigenvalue weighted by molar-refractivity contribution is 6.30. The van der Waals surface area contributed by atoms with Crippen molar-refractivity contribution in [3.8, 4) is 11.5 Å². The standard InChI is InChI=1S/C18H17ClN2O4/c1-12(22)21(15-5-2-13(19)3-6-15)11-18(23)20-14-4-7-16-17(10-14)25-9-8-24-16/h2-7,10H,8-9,11H2,1H3,(H,20,23). The van der Waals surface area contributed by atoms with E-state index in [1.807, 2.05) is 0 Å². The molecule has 0 fully saturated rings. The molecule has 3 rings (SSSR count). The number of ether oxygens (including phenoxy) is 2. The van der Waals surface area contributed by atoms with Crippen LogP contribution in [0.1, 0.15) is 6.92 Å². The number of benzene rings is 2. The van der Waals surface area contributed by atoms with E-state index in [0.717, 1.165) is 0 Å². The molecule has 0 aromatic heterocycles. The maximum absolute atomic E-state index is 12.3. The molecule has 0 unspecified atom stereocenters. The molecule has 1 heterocycles. The average molecular weight is 361 g/mol. The number of rotatable bonds is 4. The molecule has 1 N–H and O–H groups in total. The summed E-state index contributed by atoms with van der Waals surface area (Å²) in [6, 6.07) is 11.9. The van der Waals surface area contributed by atoms with Gasteiger partial charge in [0.15, 0.2) is 11.5 Å². The van der Waals surface area contributed by atoms with Gasteiger partial charge in [-0.25, -0.2) is 0 Å². The Morgan fingerprint density at radius 1 is 1.08 bits per heavy atom. The summed E-state index contributed by atoms with van der Waals surface area (Å²) in [5.41, 5.74) is 1.18. The molecular weight excluding hydrogens is 344 g/mol. The van der Waals surface area contributed by atoms with Gasteiger partial charge in [0, 0.05) is 29.4 Å². The fourth-order valence-electron chi connectivity index (χ4n) is 2.47. The summed E-state index contributed by atoms with van der Waals surface area (Å²) in [6.45, 7) is 2.28. The van der Waals surface area contributed by atoms with Crippen molar-refractivity contribution in [3.05, 3.63) is 47.5 Å². The number of amides is 2. The van der Waals surface area contributed by atoms with Crippen molar-refractivity contribution in [2.24, 2.45) is 0 Å². The molecule has 2 aromatic carbocycles. The van der Waals surface area contributed by atoms with Gasteiger partial charge in [-0.1, -0.05) is 11.6 Å². The second kappa shape index (κ2) is 7.44. The molecule has 2 amide bonds. The van der Waals surface area contributed by atoms with Crippen LogP contribution < -0.4 is 19.7 Å². The molecule has 0 atom stereocenters. The number of carbonyl (C=O) groups is 2. The number of anilines is 2. The lowest BCUT2D eigenvalue weighted by Gasteiger charge is -2.21. The van der Waals surface area contributed by atoms with Crippen molar-refractivity contribution in [2.75, 3.05) is 30.0 Å². The molecule has 0 bridgehead atoms. The van der Waals surface area contributed by atoms with E-state index in [1.165, 1.54) is 11.8 Å². The van der Waals surface area contributed by atoms with Crippen molar-refractivity contribution in [1.82, 2.24) is 0 Å². The van der Waals surface area contributed by atoms with E-state index in [0.29, 0.717) is 41.1 Å². The van der Waals surface area contributed by atoms with Crippen LogP contribution in [0.5, 0.6) is 11.5 Å². The summed E-state index contributed by atoms with van der Waals surface area (Å²) in [6.07, 6.45) is 0. The molecule has 0 saturated carbocycles. The van der Waals surface area contributed by atoms with Crippen LogP contribution in [0, 0.1) is 0 Å². The number of nitrogens with one attached hydrogen (secondary N) is 1. The van der Waals surface area contributed by atoms with Gasteiger partial charge in [-0.2, -0.15) is 0 Å². The minimum absolute atomic E-state index is 0.106.